The Balaban J connectivity index is 1.64. The number of pyridine rings is 1. The molecule has 0 aliphatic carbocycles. The molecule has 0 spiro atoms. The first kappa shape index (κ1) is 19.0. The first-order chi connectivity index (χ1) is 13.0. The van der Waals surface area contributed by atoms with Gasteiger partial charge in [0.1, 0.15) is 11.6 Å². The molecule has 0 bridgehead atoms. The van der Waals surface area contributed by atoms with Gasteiger partial charge in [-0.3, -0.25) is 4.79 Å². The van der Waals surface area contributed by atoms with Gasteiger partial charge in [-0.15, -0.1) is 0 Å². The topological polar surface area (TPSA) is 95.4 Å². The van der Waals surface area contributed by atoms with Crippen LogP contribution in [0.5, 0.6) is 0 Å². The minimum Gasteiger partial charge on any atom is -0.381 e. The van der Waals surface area contributed by atoms with E-state index in [0.717, 1.165) is 5.82 Å². The molecule has 1 fully saturated rings. The average molecular weight is 430 g/mol. The maximum Gasteiger partial charge on any atom is 0.200 e. The summed E-state index contributed by atoms with van der Waals surface area (Å²) in [6.45, 7) is 1.29. The van der Waals surface area contributed by atoms with E-state index in [9.17, 15) is 9.18 Å². The van der Waals surface area contributed by atoms with Gasteiger partial charge in [-0.2, -0.15) is 5.26 Å². The molecule has 8 heteroatoms. The number of carbonyl (C=O) groups excluding carboxylic acids is 1. The summed E-state index contributed by atoms with van der Waals surface area (Å²) in [5.41, 5.74) is 6.86. The number of nitrogens with zero attached hydrogens (tertiary/aromatic N) is 4. The minimum absolute atomic E-state index is 0.0726. The van der Waals surface area contributed by atoms with Gasteiger partial charge in [0.2, 0.25) is 5.78 Å². The molecule has 0 atom stereocenters. The Morgan fingerprint density at radius 3 is 2.74 bits per heavy atom. The SMILES string of the molecule is N#Cc1ccnc(N2CCC(C(=O)C(N)=Nc3ccc(F)c(Br)c3)CC2)c1. The molecule has 6 nitrogen and oxygen atoms in total. The van der Waals surface area contributed by atoms with Crippen LogP contribution in [0, 0.1) is 23.1 Å². The highest BCUT2D eigenvalue weighted by Crippen LogP contribution is 2.25. The van der Waals surface area contributed by atoms with Crippen molar-refractivity contribution in [3.05, 3.63) is 52.4 Å². The summed E-state index contributed by atoms with van der Waals surface area (Å²) in [6.07, 6.45) is 2.86. The van der Waals surface area contributed by atoms with Gasteiger partial charge in [0.25, 0.3) is 0 Å². The predicted octanol–water partition coefficient (Wildman–Crippen LogP) is 3.33. The number of nitriles is 1. The second-order valence-electron chi connectivity index (χ2n) is 6.24. The van der Waals surface area contributed by atoms with Gasteiger partial charge < -0.3 is 10.6 Å². The maximum atomic E-state index is 13.3. The van der Waals surface area contributed by atoms with Gasteiger partial charge in [0.05, 0.1) is 21.8 Å². The molecular formula is C19H17BrFN5O. The Morgan fingerprint density at radius 2 is 2.07 bits per heavy atom. The molecular weight excluding hydrogens is 413 g/mol. The lowest BCUT2D eigenvalue weighted by atomic mass is 9.92. The fraction of sp³-hybridized carbons (Fsp3) is 0.263. The number of hydrogen-bond acceptors (Lipinski definition) is 5. The molecule has 1 aromatic carbocycles. The van der Waals surface area contributed by atoms with Crippen LogP contribution >= 0.6 is 15.9 Å². The molecule has 1 aliphatic rings. The van der Waals surface area contributed by atoms with E-state index in [1.165, 1.54) is 18.2 Å². The van der Waals surface area contributed by atoms with Crippen LogP contribution in [0.15, 0.2) is 46.0 Å². The number of amidine groups is 1. The van der Waals surface area contributed by atoms with Crippen LogP contribution in [-0.4, -0.2) is 29.7 Å². The lowest BCUT2D eigenvalue weighted by Gasteiger charge is -2.32. The highest BCUT2D eigenvalue weighted by molar-refractivity contribution is 9.10. The summed E-state index contributed by atoms with van der Waals surface area (Å²) in [5, 5.41) is 9.00. The van der Waals surface area contributed by atoms with Crippen LogP contribution in [0.3, 0.4) is 0 Å². The van der Waals surface area contributed by atoms with E-state index in [1.54, 1.807) is 18.3 Å². The number of aromatic nitrogens is 1. The van der Waals surface area contributed by atoms with E-state index in [1.807, 2.05) is 0 Å². The van der Waals surface area contributed by atoms with Gasteiger partial charge in [0.15, 0.2) is 5.84 Å². The molecule has 1 aliphatic heterocycles. The van der Waals surface area contributed by atoms with Crippen LogP contribution < -0.4 is 10.6 Å². The van der Waals surface area contributed by atoms with E-state index in [-0.39, 0.29) is 22.0 Å². The third-order valence-electron chi connectivity index (χ3n) is 4.47. The molecule has 27 heavy (non-hydrogen) atoms. The standard InChI is InChI=1S/C19H17BrFN5O/c20-15-10-14(1-2-16(15)21)25-19(23)18(27)13-4-7-26(8-5-13)17-9-12(11-22)3-6-24-17/h1-3,6,9-10,13H,4-5,7-8H2,(H2,23,25). The number of rotatable bonds is 4. The van der Waals surface area contributed by atoms with E-state index >= 15 is 0 Å². The van der Waals surface area contributed by atoms with Crippen molar-refractivity contribution >= 4 is 39.1 Å². The van der Waals surface area contributed by atoms with Gasteiger partial charge in [-0.1, -0.05) is 0 Å². The number of hydrogen-bond donors (Lipinski definition) is 1. The van der Waals surface area contributed by atoms with Crippen molar-refractivity contribution in [1.82, 2.24) is 4.98 Å². The summed E-state index contributed by atoms with van der Waals surface area (Å²) in [7, 11) is 0. The first-order valence-electron chi connectivity index (χ1n) is 8.42. The van der Waals surface area contributed by atoms with Crippen LogP contribution in [0.1, 0.15) is 18.4 Å². The summed E-state index contributed by atoms with van der Waals surface area (Å²) < 4.78 is 13.6. The summed E-state index contributed by atoms with van der Waals surface area (Å²) in [4.78, 5) is 23.0. The third-order valence-corrected chi connectivity index (χ3v) is 5.08. The highest BCUT2D eigenvalue weighted by atomic mass is 79.9. The Hall–Kier alpha value is -2.79. The lowest BCUT2D eigenvalue weighted by Crippen LogP contribution is -2.40. The number of Topliss-reactive ketones (excluding diaryl/α,β-unsaturated/α-hetero) is 1. The molecule has 1 saturated heterocycles. The molecule has 0 radical (unpaired) electrons. The summed E-state index contributed by atoms with van der Waals surface area (Å²) in [5.74, 6) is -0.156. The van der Waals surface area contributed by atoms with E-state index in [0.29, 0.717) is 37.2 Å². The van der Waals surface area contributed by atoms with Crippen LogP contribution in [0.25, 0.3) is 0 Å². The summed E-state index contributed by atoms with van der Waals surface area (Å²) in [6, 6.07) is 9.71. The second-order valence-corrected chi connectivity index (χ2v) is 7.09. The number of halogens is 2. The number of carbonyl (C=O) groups is 1. The highest BCUT2D eigenvalue weighted by Gasteiger charge is 2.27. The molecule has 1 aromatic heterocycles. The number of ketones is 1. The smallest absolute Gasteiger partial charge is 0.200 e. The quantitative estimate of drug-likeness (QED) is 0.593. The fourth-order valence-corrected chi connectivity index (χ4v) is 3.36. The van der Waals surface area contributed by atoms with Gasteiger partial charge in [0, 0.05) is 25.2 Å². The average Bonchev–Trinajstić information content (AvgIpc) is 2.70. The Morgan fingerprint density at radius 1 is 1.33 bits per heavy atom. The van der Waals surface area contributed by atoms with E-state index in [2.05, 4.69) is 36.9 Å². The number of anilines is 1. The van der Waals surface area contributed by atoms with Crippen LogP contribution in [-0.2, 0) is 4.79 Å². The normalized spacial score (nSPS) is 15.4. The minimum atomic E-state index is -0.403. The van der Waals surface area contributed by atoms with Crippen molar-refractivity contribution in [3.63, 3.8) is 0 Å². The van der Waals surface area contributed by atoms with Crippen molar-refractivity contribution in [2.75, 3.05) is 18.0 Å². The Bertz CT molecular complexity index is 932. The number of benzene rings is 1. The van der Waals surface area contributed by atoms with Gasteiger partial charge in [-0.25, -0.2) is 14.4 Å². The fourth-order valence-electron chi connectivity index (χ4n) is 2.99. The lowest BCUT2D eigenvalue weighted by molar-refractivity contribution is -0.117. The molecule has 3 rings (SSSR count). The second kappa shape index (κ2) is 8.27. The monoisotopic (exact) mass is 429 g/mol. The predicted molar refractivity (Wildman–Crippen MR) is 104 cm³/mol. The van der Waals surface area contributed by atoms with Crippen molar-refractivity contribution in [2.45, 2.75) is 12.8 Å². The Kier molecular flexibility index (Phi) is 5.81. The van der Waals surface area contributed by atoms with Crippen LogP contribution in [0.4, 0.5) is 15.9 Å². The molecule has 0 saturated carbocycles. The van der Waals surface area contributed by atoms with Crippen molar-refractivity contribution in [2.24, 2.45) is 16.6 Å². The molecule has 2 N–H and O–H groups in total. The van der Waals surface area contributed by atoms with Crippen molar-refractivity contribution < 1.29 is 9.18 Å². The molecule has 0 unspecified atom stereocenters. The first-order valence-corrected chi connectivity index (χ1v) is 9.22. The largest absolute Gasteiger partial charge is 0.381 e. The zero-order valence-electron chi connectivity index (χ0n) is 14.4. The number of aliphatic imine (C=N–C) groups is 1. The summed E-state index contributed by atoms with van der Waals surface area (Å²) >= 11 is 3.09. The Labute approximate surface area is 164 Å². The van der Waals surface area contributed by atoms with Crippen molar-refractivity contribution in [1.29, 1.82) is 5.26 Å². The molecule has 2 heterocycles. The van der Waals surface area contributed by atoms with Gasteiger partial charge >= 0.3 is 0 Å². The molecule has 2 aromatic rings. The zero-order chi connectivity index (χ0) is 19.4. The maximum absolute atomic E-state index is 13.3. The third kappa shape index (κ3) is 4.49. The van der Waals surface area contributed by atoms with Gasteiger partial charge in [-0.05, 0) is 59.1 Å². The van der Waals surface area contributed by atoms with E-state index in [4.69, 9.17) is 11.0 Å². The van der Waals surface area contributed by atoms with Crippen LogP contribution in [0.2, 0.25) is 0 Å². The molecule has 138 valence electrons. The number of nitrogens with two attached hydrogens (primary N) is 1. The van der Waals surface area contributed by atoms with Crippen molar-refractivity contribution in [3.8, 4) is 6.07 Å². The zero-order valence-corrected chi connectivity index (χ0v) is 16.0. The van der Waals surface area contributed by atoms with E-state index < -0.39 is 5.82 Å². The molecule has 0 amide bonds. The number of piperidine rings is 1.